The van der Waals surface area contributed by atoms with Crippen LogP contribution in [0.1, 0.15) is 46.5 Å². The largest absolute Gasteiger partial charge is 0.444 e. The fourth-order valence-corrected chi connectivity index (χ4v) is 7.41. The number of hydrogen-bond donors (Lipinski definition) is 2. The Morgan fingerprint density at radius 3 is 1.80 bits per heavy atom. The monoisotopic (exact) mass is 634 g/mol. The molecule has 12 heteroatoms. The number of rotatable bonds is 3. The van der Waals surface area contributed by atoms with E-state index in [-0.39, 0.29) is 12.1 Å². The van der Waals surface area contributed by atoms with E-state index in [1.54, 1.807) is 22.7 Å². The molecule has 41 heavy (non-hydrogen) atoms. The first-order valence-electron chi connectivity index (χ1n) is 13.9. The van der Waals surface area contributed by atoms with Gasteiger partial charge in [0.25, 0.3) is 0 Å². The molecule has 4 heterocycles. The number of benzene rings is 2. The molecule has 0 saturated carbocycles. The maximum atomic E-state index is 11.9. The van der Waals surface area contributed by atoms with Gasteiger partial charge in [0.05, 0.1) is 20.4 Å². The zero-order valence-electron chi connectivity index (χ0n) is 23.5. The maximum absolute atomic E-state index is 11.9. The third kappa shape index (κ3) is 8.14. The SMILES string of the molecule is CC(C)(C)OC(=O)NC1CCN(c2nc3ccc(Cl)cc3s2)CC1.NC1CCN(c2nc3ccc(Cl)cc3s2)CC1. The fourth-order valence-electron chi connectivity index (χ4n) is 4.82. The lowest BCUT2D eigenvalue weighted by Gasteiger charge is -2.32. The van der Waals surface area contributed by atoms with Gasteiger partial charge in [-0.3, -0.25) is 0 Å². The summed E-state index contributed by atoms with van der Waals surface area (Å²) in [7, 11) is 0. The summed E-state index contributed by atoms with van der Waals surface area (Å²) in [5, 5.41) is 6.57. The minimum Gasteiger partial charge on any atom is -0.444 e. The lowest BCUT2D eigenvalue weighted by atomic mass is 10.1. The summed E-state index contributed by atoms with van der Waals surface area (Å²) in [5.41, 5.74) is 7.46. The molecule has 2 saturated heterocycles. The number of carbonyl (C=O) groups excluding carboxylic acids is 1. The number of aromatic nitrogens is 2. The van der Waals surface area contributed by atoms with E-state index in [1.165, 1.54) is 0 Å². The number of carbonyl (C=O) groups is 1. The molecule has 4 aromatic rings. The summed E-state index contributed by atoms with van der Waals surface area (Å²) >= 11 is 15.4. The van der Waals surface area contributed by atoms with Gasteiger partial charge >= 0.3 is 6.09 Å². The minimum absolute atomic E-state index is 0.153. The van der Waals surface area contributed by atoms with Crippen molar-refractivity contribution in [2.45, 2.75) is 64.1 Å². The summed E-state index contributed by atoms with van der Waals surface area (Å²) in [6, 6.07) is 12.1. The van der Waals surface area contributed by atoms with E-state index < -0.39 is 5.60 Å². The van der Waals surface area contributed by atoms with Gasteiger partial charge in [0.15, 0.2) is 10.3 Å². The van der Waals surface area contributed by atoms with Gasteiger partial charge in [0.2, 0.25) is 0 Å². The van der Waals surface area contributed by atoms with Gasteiger partial charge < -0.3 is 25.6 Å². The third-order valence-corrected chi connectivity index (χ3v) is 9.60. The van der Waals surface area contributed by atoms with Crippen LogP contribution in [0.3, 0.4) is 0 Å². The summed E-state index contributed by atoms with van der Waals surface area (Å²) < 4.78 is 7.57. The molecule has 0 radical (unpaired) electrons. The predicted octanol–water partition coefficient (Wildman–Crippen LogP) is 7.32. The Hall–Kier alpha value is -2.37. The number of nitrogens with zero attached hydrogens (tertiary/aromatic N) is 4. The van der Waals surface area contributed by atoms with Gasteiger partial charge in [-0.05, 0) is 82.9 Å². The predicted molar refractivity (Wildman–Crippen MR) is 173 cm³/mol. The summed E-state index contributed by atoms with van der Waals surface area (Å²) in [4.78, 5) is 25.8. The number of ether oxygens (including phenoxy) is 1. The Bertz CT molecular complexity index is 1490. The van der Waals surface area contributed by atoms with Crippen LogP contribution in [0, 0.1) is 0 Å². The van der Waals surface area contributed by atoms with Crippen LogP contribution in [-0.4, -0.2) is 59.9 Å². The topological polar surface area (TPSA) is 96.6 Å². The fraction of sp³-hybridized carbons (Fsp3) is 0.483. The molecule has 220 valence electrons. The van der Waals surface area contributed by atoms with Crippen molar-refractivity contribution in [3.63, 3.8) is 0 Å². The van der Waals surface area contributed by atoms with Gasteiger partial charge in [-0.15, -0.1) is 0 Å². The van der Waals surface area contributed by atoms with E-state index in [1.807, 2.05) is 57.2 Å². The lowest BCUT2D eigenvalue weighted by Crippen LogP contribution is -2.46. The molecule has 2 aromatic heterocycles. The van der Waals surface area contributed by atoms with Gasteiger partial charge in [0.1, 0.15) is 5.60 Å². The quantitative estimate of drug-likeness (QED) is 0.244. The van der Waals surface area contributed by atoms with E-state index in [2.05, 4.69) is 25.1 Å². The molecule has 3 N–H and O–H groups in total. The van der Waals surface area contributed by atoms with Crippen LogP contribution < -0.4 is 20.9 Å². The highest BCUT2D eigenvalue weighted by molar-refractivity contribution is 7.22. The molecular weight excluding hydrogens is 599 g/mol. The van der Waals surface area contributed by atoms with Gasteiger partial charge in [0, 0.05) is 48.3 Å². The van der Waals surface area contributed by atoms with E-state index >= 15 is 0 Å². The van der Waals surface area contributed by atoms with E-state index in [9.17, 15) is 4.79 Å². The Morgan fingerprint density at radius 1 is 0.878 bits per heavy atom. The first kappa shape index (κ1) is 30.1. The molecule has 2 aromatic carbocycles. The second-order valence-electron chi connectivity index (χ2n) is 11.4. The van der Waals surface area contributed by atoms with Crippen LogP contribution >= 0.6 is 45.9 Å². The van der Waals surface area contributed by atoms with Crippen molar-refractivity contribution in [2.24, 2.45) is 5.73 Å². The highest BCUT2D eigenvalue weighted by Crippen LogP contribution is 2.33. The lowest BCUT2D eigenvalue weighted by molar-refractivity contribution is 0.0497. The maximum Gasteiger partial charge on any atom is 0.407 e. The number of halogens is 2. The van der Waals surface area contributed by atoms with E-state index in [0.717, 1.165) is 92.6 Å². The van der Waals surface area contributed by atoms with Crippen molar-refractivity contribution >= 4 is 82.7 Å². The van der Waals surface area contributed by atoms with Crippen LogP contribution in [0.4, 0.5) is 15.1 Å². The number of thiazole rings is 2. The Balaban J connectivity index is 0.000000174. The van der Waals surface area contributed by atoms with Crippen molar-refractivity contribution in [3.05, 3.63) is 46.4 Å². The van der Waals surface area contributed by atoms with Crippen molar-refractivity contribution in [1.82, 2.24) is 15.3 Å². The molecule has 2 aliphatic heterocycles. The number of nitrogens with one attached hydrogen (secondary N) is 1. The molecule has 0 atom stereocenters. The van der Waals surface area contributed by atoms with Gasteiger partial charge in [-0.25, -0.2) is 14.8 Å². The number of hydrogen-bond acceptors (Lipinski definition) is 9. The first-order chi connectivity index (χ1) is 19.5. The summed E-state index contributed by atoms with van der Waals surface area (Å²) in [6.45, 7) is 9.36. The summed E-state index contributed by atoms with van der Waals surface area (Å²) in [5.74, 6) is 0. The van der Waals surface area contributed by atoms with Crippen molar-refractivity contribution in [2.75, 3.05) is 36.0 Å². The highest BCUT2D eigenvalue weighted by atomic mass is 35.5. The average Bonchev–Trinajstić information content (AvgIpc) is 3.52. The minimum atomic E-state index is -0.465. The molecule has 8 nitrogen and oxygen atoms in total. The first-order valence-corrected chi connectivity index (χ1v) is 16.3. The molecule has 0 aliphatic carbocycles. The van der Waals surface area contributed by atoms with E-state index in [0.29, 0.717) is 6.04 Å². The standard InChI is InChI=1S/C17H22ClN3O2S.C12H14ClN3S/c1-17(2,3)23-16(22)19-12-6-8-21(9-7-12)15-20-13-5-4-11(18)10-14(13)24-15;13-8-1-2-10-11(7-8)17-12(15-10)16-5-3-9(14)4-6-16/h4-5,10,12H,6-9H2,1-3H3,(H,19,22);1-2,7,9H,3-6,14H2. The molecule has 1 amide bonds. The molecule has 2 fully saturated rings. The number of fused-ring (bicyclic) bond motifs is 2. The summed E-state index contributed by atoms with van der Waals surface area (Å²) in [6.07, 6.45) is 3.54. The van der Waals surface area contributed by atoms with Crippen LogP contribution in [-0.2, 0) is 4.74 Å². The Kier molecular flexibility index (Phi) is 9.45. The molecule has 2 aliphatic rings. The highest BCUT2D eigenvalue weighted by Gasteiger charge is 2.25. The molecule has 0 unspecified atom stereocenters. The molecule has 6 rings (SSSR count). The number of alkyl carbamates (subject to hydrolysis) is 1. The second-order valence-corrected chi connectivity index (χ2v) is 14.3. The Labute approximate surface area is 258 Å². The van der Waals surface area contributed by atoms with Crippen LogP contribution in [0.25, 0.3) is 20.4 Å². The molecule has 0 spiro atoms. The zero-order chi connectivity index (χ0) is 29.1. The van der Waals surface area contributed by atoms with Crippen LogP contribution in [0.15, 0.2) is 36.4 Å². The number of amides is 1. The van der Waals surface area contributed by atoms with Crippen molar-refractivity contribution in [3.8, 4) is 0 Å². The average molecular weight is 636 g/mol. The number of anilines is 2. The van der Waals surface area contributed by atoms with Crippen LogP contribution in [0.2, 0.25) is 10.0 Å². The van der Waals surface area contributed by atoms with Crippen LogP contribution in [0.5, 0.6) is 0 Å². The van der Waals surface area contributed by atoms with Crippen molar-refractivity contribution < 1.29 is 9.53 Å². The van der Waals surface area contributed by atoms with Gasteiger partial charge in [-0.1, -0.05) is 45.9 Å². The van der Waals surface area contributed by atoms with E-state index in [4.69, 9.17) is 33.7 Å². The zero-order valence-corrected chi connectivity index (χ0v) is 26.7. The molecule has 0 bridgehead atoms. The number of piperidine rings is 2. The van der Waals surface area contributed by atoms with Gasteiger partial charge in [-0.2, -0.15) is 0 Å². The molecular formula is C29H36Cl2N6O2S2. The number of nitrogens with two attached hydrogens (primary N) is 1. The second kappa shape index (κ2) is 12.9. The van der Waals surface area contributed by atoms with Crippen molar-refractivity contribution in [1.29, 1.82) is 0 Å². The smallest absolute Gasteiger partial charge is 0.407 e. The normalized spacial score (nSPS) is 17.0. The third-order valence-electron chi connectivity index (χ3n) is 6.97. The Morgan fingerprint density at radius 2 is 1.34 bits per heavy atom.